The summed E-state index contributed by atoms with van der Waals surface area (Å²) >= 11 is 0. The quantitative estimate of drug-likeness (QED) is 0.0631. The Hall–Kier alpha value is -6.35. The lowest BCUT2D eigenvalue weighted by molar-refractivity contribution is -0.145. The molecular formula is C59H69N9O4. The molecule has 3 aromatic heterocycles. The number of nitrogens with two attached hydrogens (primary N) is 1. The lowest BCUT2D eigenvalue weighted by atomic mass is 9.88. The summed E-state index contributed by atoms with van der Waals surface area (Å²) in [5.74, 6) is 3.32. The van der Waals surface area contributed by atoms with Gasteiger partial charge in [0.05, 0.1) is 53.1 Å². The molecule has 3 aromatic carbocycles. The topological polar surface area (TPSA) is 163 Å². The highest BCUT2D eigenvalue weighted by Gasteiger charge is 2.38. The van der Waals surface area contributed by atoms with Crippen LogP contribution >= 0.6 is 0 Å². The molecule has 2 aliphatic carbocycles. The second-order valence-electron chi connectivity index (χ2n) is 21.1. The van der Waals surface area contributed by atoms with E-state index in [0.717, 1.165) is 120 Å². The first-order valence-electron chi connectivity index (χ1n) is 26.2. The molecule has 0 saturated carbocycles. The molecular weight excluding hydrogens is 899 g/mol. The number of H-pyrrole nitrogens is 2. The minimum atomic E-state index is -1.23. The van der Waals surface area contributed by atoms with E-state index >= 15 is 0 Å². The van der Waals surface area contributed by atoms with E-state index in [-0.39, 0.29) is 30.0 Å². The van der Waals surface area contributed by atoms with E-state index in [9.17, 15) is 9.90 Å². The molecule has 6 N–H and O–H groups in total. The van der Waals surface area contributed by atoms with Gasteiger partial charge in [-0.05, 0) is 110 Å². The van der Waals surface area contributed by atoms with E-state index in [1.807, 2.05) is 31.1 Å². The number of likely N-dealkylation sites (tertiary alicyclic amines) is 2. The Labute approximate surface area is 422 Å². The highest BCUT2D eigenvalue weighted by atomic mass is 16.6. The van der Waals surface area contributed by atoms with Crippen LogP contribution in [0.2, 0.25) is 0 Å². The Morgan fingerprint density at radius 2 is 1.61 bits per heavy atom. The predicted molar refractivity (Wildman–Crippen MR) is 284 cm³/mol. The number of aromatic amines is 2. The zero-order valence-corrected chi connectivity index (χ0v) is 42.2. The first-order valence-corrected chi connectivity index (χ1v) is 26.2. The number of hydrogen-bond donors (Lipinski definition) is 5. The highest BCUT2D eigenvalue weighted by molar-refractivity contribution is 5.92. The maximum atomic E-state index is 14.0. The number of aliphatic hydroxyl groups is 1. The molecule has 2 saturated heterocycles. The molecule has 2 fully saturated rings. The summed E-state index contributed by atoms with van der Waals surface area (Å²) in [5, 5.41) is 14.3. The van der Waals surface area contributed by atoms with Crippen LogP contribution in [0.4, 0.5) is 0 Å². The molecule has 1 amide bonds. The third-order valence-corrected chi connectivity index (χ3v) is 15.9. The predicted octanol–water partition coefficient (Wildman–Crippen LogP) is 10.4. The van der Waals surface area contributed by atoms with E-state index in [0.29, 0.717) is 18.4 Å². The molecule has 6 heterocycles. The fraction of sp³-hybridized carbons (Fsp3) is 0.407. The van der Waals surface area contributed by atoms with E-state index in [4.69, 9.17) is 25.2 Å². The molecule has 13 nitrogen and oxygen atoms in total. The third-order valence-electron chi connectivity index (χ3n) is 15.9. The van der Waals surface area contributed by atoms with E-state index in [2.05, 4.69) is 142 Å². The van der Waals surface area contributed by atoms with Crippen LogP contribution in [0.5, 0.6) is 0 Å². The van der Waals surface area contributed by atoms with Gasteiger partial charge in [-0.2, -0.15) is 0 Å². The summed E-state index contributed by atoms with van der Waals surface area (Å²) in [7, 11) is 1.41. The maximum absolute atomic E-state index is 14.0. The van der Waals surface area contributed by atoms with Gasteiger partial charge in [-0.3, -0.25) is 15.0 Å². The number of aromatic nitrogens is 5. The fourth-order valence-corrected chi connectivity index (χ4v) is 11.6. The Kier molecular flexibility index (Phi) is 13.5. The van der Waals surface area contributed by atoms with Crippen molar-refractivity contribution in [2.24, 2.45) is 17.6 Å². The average molecular weight is 968 g/mol. The van der Waals surface area contributed by atoms with Crippen molar-refractivity contribution in [2.75, 3.05) is 26.7 Å². The molecule has 13 heteroatoms. The lowest BCUT2D eigenvalue weighted by Crippen LogP contribution is -2.52. The summed E-state index contributed by atoms with van der Waals surface area (Å²) in [6.45, 7) is 10.9. The van der Waals surface area contributed by atoms with Crippen molar-refractivity contribution in [3.63, 3.8) is 0 Å². The molecule has 374 valence electrons. The SMILES string of the molecule is COC(O)NC(C(=O)N1CCCC1c1ncc(C2=CC3=C(CC2)c2cc4cc(-c5cnc(C6CCCN6CC(N)C(C)C)[nH]5)ccc4n2C(c2ccc(C4=CCC(c5ccccc5)C=C4)cc2)O3)[nH]1)C(C)C. The van der Waals surface area contributed by atoms with Gasteiger partial charge < -0.3 is 39.7 Å². The number of hydrogen-bond acceptors (Lipinski definition) is 9. The maximum Gasteiger partial charge on any atom is 0.240 e. The number of nitrogens with zero attached hydrogens (tertiary/aromatic N) is 5. The average Bonchev–Trinajstić information content (AvgIpc) is 4.28. The van der Waals surface area contributed by atoms with Crippen LogP contribution in [-0.4, -0.2) is 90.6 Å². The van der Waals surface area contributed by atoms with Crippen LogP contribution in [0.25, 0.3) is 38.9 Å². The molecule has 0 radical (unpaired) electrons. The van der Waals surface area contributed by atoms with Crippen molar-refractivity contribution in [3.05, 3.63) is 161 Å². The van der Waals surface area contributed by atoms with Crippen molar-refractivity contribution in [1.29, 1.82) is 0 Å². The standard InChI is InChI=1S/C59H69N9O4/c1-35(2)46(60)34-66-27-9-13-50(66)55-61-32-47(63-55)42-24-26-49-44(29-42)30-52-45-25-23-43(48-33-62-56(64-48)51-14-10-28-67(51)57(69)54(36(3)4)65-59(70)71-5)31-53(45)72-58(68(49)52)41-21-19-40(20-22-41)39-17-15-38(16-18-39)37-11-7-6-8-12-37/h6-8,11-12,15,17-22,24,26,29-33,35-36,38,46,50-51,54,58-59,65,70H,9-10,13-14,16,23,25,27-28,34,60H2,1-5H3,(H,61,63)(H,62,64). The van der Waals surface area contributed by atoms with E-state index in [1.54, 1.807) is 0 Å². The molecule has 72 heavy (non-hydrogen) atoms. The van der Waals surface area contributed by atoms with Gasteiger partial charge in [-0.25, -0.2) is 9.97 Å². The summed E-state index contributed by atoms with van der Waals surface area (Å²) in [6.07, 6.45) is 17.8. The Morgan fingerprint density at radius 1 is 0.875 bits per heavy atom. The van der Waals surface area contributed by atoms with Crippen LogP contribution in [0, 0.1) is 11.8 Å². The molecule has 0 bridgehead atoms. The molecule has 5 aliphatic rings. The van der Waals surface area contributed by atoms with Gasteiger partial charge >= 0.3 is 0 Å². The normalized spacial score (nSPS) is 22.5. The monoisotopic (exact) mass is 968 g/mol. The van der Waals surface area contributed by atoms with Crippen molar-refractivity contribution in [3.8, 4) is 11.3 Å². The number of carbonyl (C=O) groups is 1. The number of amides is 1. The minimum Gasteiger partial charge on any atom is -0.466 e. The zero-order valence-electron chi connectivity index (χ0n) is 42.2. The lowest BCUT2D eigenvalue weighted by Gasteiger charge is -2.33. The van der Waals surface area contributed by atoms with Crippen molar-refractivity contribution >= 4 is 33.5 Å². The Morgan fingerprint density at radius 3 is 2.36 bits per heavy atom. The summed E-state index contributed by atoms with van der Waals surface area (Å²) in [5.41, 5.74) is 19.0. The molecule has 11 rings (SSSR count). The summed E-state index contributed by atoms with van der Waals surface area (Å²) < 4.78 is 14.7. The molecule has 0 spiro atoms. The number of methoxy groups -OCH3 is 1. The Balaban J connectivity index is 0.903. The number of allylic oxidation sites excluding steroid dienone is 7. The van der Waals surface area contributed by atoms with E-state index in [1.165, 1.54) is 29.4 Å². The number of benzene rings is 3. The van der Waals surface area contributed by atoms with Crippen molar-refractivity contribution in [1.82, 2.24) is 39.6 Å². The van der Waals surface area contributed by atoms with Gasteiger partial charge in [0.25, 0.3) is 0 Å². The summed E-state index contributed by atoms with van der Waals surface area (Å²) in [6, 6.07) is 28.3. The number of imidazole rings is 2. The van der Waals surface area contributed by atoms with Gasteiger partial charge in [-0.15, -0.1) is 0 Å². The Bertz CT molecular complexity index is 3050. The van der Waals surface area contributed by atoms with Gasteiger partial charge in [0, 0.05) is 54.2 Å². The smallest absolute Gasteiger partial charge is 0.240 e. The van der Waals surface area contributed by atoms with Crippen molar-refractivity contribution in [2.45, 2.75) is 115 Å². The third kappa shape index (κ3) is 9.33. The second-order valence-corrected chi connectivity index (χ2v) is 21.1. The molecule has 3 aliphatic heterocycles. The van der Waals surface area contributed by atoms with Gasteiger partial charge in [0.15, 0.2) is 0 Å². The molecule has 7 unspecified atom stereocenters. The largest absolute Gasteiger partial charge is 0.466 e. The zero-order chi connectivity index (χ0) is 49.6. The number of nitrogens with one attached hydrogen (secondary N) is 3. The van der Waals surface area contributed by atoms with E-state index < -0.39 is 18.7 Å². The fourth-order valence-electron chi connectivity index (χ4n) is 11.6. The van der Waals surface area contributed by atoms with Crippen LogP contribution in [0.3, 0.4) is 0 Å². The van der Waals surface area contributed by atoms with Gasteiger partial charge in [-0.1, -0.05) is 107 Å². The summed E-state index contributed by atoms with van der Waals surface area (Å²) in [4.78, 5) is 35.6. The molecule has 7 atom stereocenters. The van der Waals surface area contributed by atoms with Crippen LogP contribution in [0.1, 0.15) is 137 Å². The number of aliphatic hydroxyl groups excluding tert-OH is 1. The van der Waals surface area contributed by atoms with Crippen LogP contribution in [0.15, 0.2) is 121 Å². The second kappa shape index (κ2) is 20.3. The van der Waals surface area contributed by atoms with Gasteiger partial charge in [0.1, 0.15) is 17.4 Å². The first kappa shape index (κ1) is 47.9. The first-order chi connectivity index (χ1) is 35.0. The van der Waals surface area contributed by atoms with Crippen LogP contribution in [-0.2, 0) is 14.3 Å². The number of ether oxygens (including phenoxy) is 2. The van der Waals surface area contributed by atoms with Gasteiger partial charge in [0.2, 0.25) is 18.5 Å². The number of rotatable bonds is 15. The molecule has 6 aromatic rings. The number of carbonyl (C=O) groups excluding carboxylic acids is 1. The van der Waals surface area contributed by atoms with Crippen LogP contribution < -0.4 is 11.1 Å². The minimum absolute atomic E-state index is 0.0547. The van der Waals surface area contributed by atoms with Crippen molar-refractivity contribution < 1.29 is 19.4 Å². The number of fused-ring (bicyclic) bond motifs is 4. The highest BCUT2D eigenvalue weighted by Crippen LogP contribution is 2.47.